The first-order valence-corrected chi connectivity index (χ1v) is 7.77. The lowest BCUT2D eigenvalue weighted by Crippen LogP contribution is -2.11. The van der Waals surface area contributed by atoms with Crippen molar-refractivity contribution < 1.29 is 0 Å². The Bertz CT molecular complexity index is 819. The fourth-order valence-electron chi connectivity index (χ4n) is 2.56. The minimum Gasteiger partial charge on any atom is -0.383 e. The summed E-state index contributed by atoms with van der Waals surface area (Å²) in [6, 6.07) is 8.69. The van der Waals surface area contributed by atoms with Crippen LogP contribution >= 0.6 is 0 Å². The van der Waals surface area contributed by atoms with Gasteiger partial charge in [-0.05, 0) is 24.0 Å². The lowest BCUT2D eigenvalue weighted by Gasteiger charge is -2.16. The van der Waals surface area contributed by atoms with Gasteiger partial charge >= 0.3 is 0 Å². The van der Waals surface area contributed by atoms with Crippen molar-refractivity contribution in [1.29, 1.82) is 0 Å². The molecule has 1 unspecified atom stereocenters. The zero-order valence-electron chi connectivity index (χ0n) is 13.9. The topological polar surface area (TPSA) is 81.6 Å². The Kier molecular flexibility index (Phi) is 3.90. The number of aromatic nitrogens is 4. The Morgan fingerprint density at radius 1 is 1.04 bits per heavy atom. The van der Waals surface area contributed by atoms with E-state index in [1.807, 2.05) is 7.05 Å². The van der Waals surface area contributed by atoms with Crippen LogP contribution in [-0.4, -0.2) is 19.7 Å². The van der Waals surface area contributed by atoms with Gasteiger partial charge in [-0.15, -0.1) is 0 Å². The molecule has 6 nitrogen and oxygen atoms in total. The van der Waals surface area contributed by atoms with Crippen molar-refractivity contribution in [3.8, 4) is 0 Å². The molecule has 2 aromatic heterocycles. The van der Waals surface area contributed by atoms with Crippen molar-refractivity contribution in [2.24, 2.45) is 7.05 Å². The number of nitrogen functional groups attached to an aromatic ring is 1. The first kappa shape index (κ1) is 15.3. The highest BCUT2D eigenvalue weighted by Gasteiger charge is 2.12. The number of fused-ring (bicyclic) bond motifs is 1. The van der Waals surface area contributed by atoms with Gasteiger partial charge in [-0.2, -0.15) is 15.1 Å². The largest absolute Gasteiger partial charge is 0.383 e. The molecule has 0 fully saturated rings. The van der Waals surface area contributed by atoms with Gasteiger partial charge in [0.25, 0.3) is 0 Å². The number of nitrogens with zero attached hydrogens (tertiary/aromatic N) is 4. The summed E-state index contributed by atoms with van der Waals surface area (Å²) in [5.74, 6) is 1.48. The SMILES string of the molecule is CC(C)c1ccc(C(C)Nc2nc(N)c3cnn(C)c3n2)cc1. The van der Waals surface area contributed by atoms with Crippen LogP contribution in [0.2, 0.25) is 0 Å². The van der Waals surface area contributed by atoms with Crippen LogP contribution in [0, 0.1) is 0 Å². The van der Waals surface area contributed by atoms with Crippen LogP contribution in [0.4, 0.5) is 11.8 Å². The molecule has 0 amide bonds. The molecule has 6 heteroatoms. The van der Waals surface area contributed by atoms with Gasteiger partial charge < -0.3 is 11.1 Å². The molecule has 0 aliphatic heterocycles. The van der Waals surface area contributed by atoms with E-state index in [1.165, 1.54) is 11.1 Å². The first-order valence-electron chi connectivity index (χ1n) is 7.77. The zero-order chi connectivity index (χ0) is 16.6. The Morgan fingerprint density at radius 2 is 1.70 bits per heavy atom. The lowest BCUT2D eigenvalue weighted by molar-refractivity contribution is 0.783. The molecular formula is C17H22N6. The highest BCUT2D eigenvalue weighted by molar-refractivity contribution is 5.86. The number of benzene rings is 1. The minimum atomic E-state index is 0.0845. The first-order chi connectivity index (χ1) is 11.0. The standard InChI is InChI=1S/C17H22N6/c1-10(2)12-5-7-13(8-6-12)11(3)20-17-21-15(18)14-9-19-23(4)16(14)22-17/h5-11H,1-4H3,(H3,18,20,21,22). The fourth-order valence-corrected chi connectivity index (χ4v) is 2.56. The van der Waals surface area contributed by atoms with Crippen molar-refractivity contribution in [3.05, 3.63) is 41.6 Å². The molecule has 0 bridgehead atoms. The molecule has 0 saturated heterocycles. The van der Waals surface area contributed by atoms with Crippen molar-refractivity contribution in [1.82, 2.24) is 19.7 Å². The molecule has 0 saturated carbocycles. The van der Waals surface area contributed by atoms with Gasteiger partial charge in [0, 0.05) is 7.05 Å². The summed E-state index contributed by atoms with van der Waals surface area (Å²) in [6.07, 6.45) is 1.68. The number of hydrogen-bond donors (Lipinski definition) is 2. The Labute approximate surface area is 135 Å². The summed E-state index contributed by atoms with van der Waals surface area (Å²) < 4.78 is 1.70. The lowest BCUT2D eigenvalue weighted by atomic mass is 10.00. The molecule has 1 aromatic carbocycles. The molecular weight excluding hydrogens is 288 g/mol. The van der Waals surface area contributed by atoms with Crippen LogP contribution in [0.5, 0.6) is 0 Å². The molecule has 2 heterocycles. The van der Waals surface area contributed by atoms with E-state index >= 15 is 0 Å². The molecule has 0 aliphatic carbocycles. The van der Waals surface area contributed by atoms with Crippen LogP contribution in [-0.2, 0) is 7.05 Å². The van der Waals surface area contributed by atoms with Gasteiger partial charge in [0.15, 0.2) is 5.65 Å². The van der Waals surface area contributed by atoms with Gasteiger partial charge in [0.05, 0.1) is 17.6 Å². The van der Waals surface area contributed by atoms with E-state index in [4.69, 9.17) is 5.73 Å². The average molecular weight is 310 g/mol. The zero-order valence-corrected chi connectivity index (χ0v) is 13.9. The van der Waals surface area contributed by atoms with Crippen molar-refractivity contribution >= 4 is 22.8 Å². The summed E-state index contributed by atoms with van der Waals surface area (Å²) >= 11 is 0. The van der Waals surface area contributed by atoms with Crippen LogP contribution < -0.4 is 11.1 Å². The number of rotatable bonds is 4. The third-order valence-corrected chi connectivity index (χ3v) is 4.07. The predicted molar refractivity (Wildman–Crippen MR) is 93.3 cm³/mol. The fraction of sp³-hybridized carbons (Fsp3) is 0.353. The van der Waals surface area contributed by atoms with Gasteiger partial charge in [-0.3, -0.25) is 4.68 Å². The van der Waals surface area contributed by atoms with Crippen LogP contribution in [0.25, 0.3) is 11.0 Å². The minimum absolute atomic E-state index is 0.0845. The van der Waals surface area contributed by atoms with Crippen LogP contribution in [0.15, 0.2) is 30.5 Å². The maximum atomic E-state index is 5.99. The highest BCUT2D eigenvalue weighted by Crippen LogP contribution is 2.23. The van der Waals surface area contributed by atoms with E-state index in [-0.39, 0.29) is 6.04 Å². The normalized spacial score (nSPS) is 12.7. The second-order valence-corrected chi connectivity index (χ2v) is 6.13. The second-order valence-electron chi connectivity index (χ2n) is 6.13. The summed E-state index contributed by atoms with van der Waals surface area (Å²) in [7, 11) is 1.84. The number of anilines is 2. The quantitative estimate of drug-likeness (QED) is 0.773. The number of nitrogens with one attached hydrogen (secondary N) is 1. The van der Waals surface area contributed by atoms with Crippen LogP contribution in [0.3, 0.4) is 0 Å². The number of hydrogen-bond acceptors (Lipinski definition) is 5. The Hall–Kier alpha value is -2.63. The second kappa shape index (κ2) is 5.87. The van der Waals surface area contributed by atoms with Gasteiger partial charge in [-0.1, -0.05) is 38.1 Å². The summed E-state index contributed by atoms with van der Waals surface area (Å²) in [4.78, 5) is 8.83. The number of nitrogens with two attached hydrogens (primary N) is 1. The van der Waals surface area contributed by atoms with E-state index in [0.717, 1.165) is 11.0 Å². The predicted octanol–water partition coefficient (Wildman–Crippen LogP) is 3.24. The van der Waals surface area contributed by atoms with E-state index in [0.29, 0.717) is 17.7 Å². The van der Waals surface area contributed by atoms with Crippen molar-refractivity contribution in [2.45, 2.75) is 32.7 Å². The summed E-state index contributed by atoms with van der Waals surface area (Å²) in [5.41, 5.74) is 9.23. The molecule has 3 N–H and O–H groups in total. The molecule has 3 rings (SSSR count). The van der Waals surface area contributed by atoms with Crippen molar-refractivity contribution in [3.63, 3.8) is 0 Å². The number of aryl methyl sites for hydroxylation is 1. The molecule has 1 atom stereocenters. The smallest absolute Gasteiger partial charge is 0.227 e. The maximum Gasteiger partial charge on any atom is 0.227 e. The molecule has 0 spiro atoms. The summed E-state index contributed by atoms with van der Waals surface area (Å²) in [6.45, 7) is 6.46. The van der Waals surface area contributed by atoms with Gasteiger partial charge in [-0.25, -0.2) is 0 Å². The Balaban J connectivity index is 1.84. The highest BCUT2D eigenvalue weighted by atomic mass is 15.3. The maximum absolute atomic E-state index is 5.99. The van der Waals surface area contributed by atoms with Crippen LogP contribution in [0.1, 0.15) is 43.9 Å². The van der Waals surface area contributed by atoms with E-state index < -0.39 is 0 Å². The molecule has 120 valence electrons. The van der Waals surface area contributed by atoms with Gasteiger partial charge in [0.1, 0.15) is 5.82 Å². The molecule has 0 aliphatic rings. The monoisotopic (exact) mass is 310 g/mol. The van der Waals surface area contributed by atoms with Gasteiger partial charge in [0.2, 0.25) is 5.95 Å². The third-order valence-electron chi connectivity index (χ3n) is 4.07. The third kappa shape index (κ3) is 2.97. The molecule has 3 aromatic rings. The van der Waals surface area contributed by atoms with E-state index in [9.17, 15) is 0 Å². The average Bonchev–Trinajstić information content (AvgIpc) is 2.89. The molecule has 0 radical (unpaired) electrons. The summed E-state index contributed by atoms with van der Waals surface area (Å²) in [5, 5.41) is 8.25. The Morgan fingerprint density at radius 3 is 2.35 bits per heavy atom. The molecule has 23 heavy (non-hydrogen) atoms. The van der Waals surface area contributed by atoms with Crippen molar-refractivity contribution in [2.75, 3.05) is 11.1 Å². The van der Waals surface area contributed by atoms with E-state index in [1.54, 1.807) is 10.9 Å². The van der Waals surface area contributed by atoms with E-state index in [2.05, 4.69) is 65.4 Å².